The number of rotatable bonds is 4. The van der Waals surface area contributed by atoms with E-state index in [1.54, 1.807) is 46.2 Å². The van der Waals surface area contributed by atoms with Crippen molar-refractivity contribution in [3.8, 4) is 11.5 Å². The third kappa shape index (κ3) is 4.33. The number of para-hydroxylation sites is 1. The topological polar surface area (TPSA) is 59.1 Å². The van der Waals surface area contributed by atoms with Crippen molar-refractivity contribution in [2.45, 2.75) is 6.92 Å². The highest BCUT2D eigenvalue weighted by Crippen LogP contribution is 2.16. The minimum absolute atomic E-state index is 0.0378. The van der Waals surface area contributed by atoms with E-state index in [0.29, 0.717) is 44.1 Å². The van der Waals surface area contributed by atoms with Crippen LogP contribution in [0, 0.1) is 0 Å². The van der Waals surface area contributed by atoms with Crippen LogP contribution in [0.3, 0.4) is 0 Å². The van der Waals surface area contributed by atoms with Crippen LogP contribution in [0.4, 0.5) is 4.79 Å². The Morgan fingerprint density at radius 3 is 2.08 bits per heavy atom. The van der Waals surface area contributed by atoms with Crippen molar-refractivity contribution in [1.29, 1.82) is 0 Å². The third-order valence-electron chi connectivity index (χ3n) is 4.19. The molecule has 0 radical (unpaired) electrons. The van der Waals surface area contributed by atoms with Gasteiger partial charge in [-0.2, -0.15) is 0 Å². The fourth-order valence-electron chi connectivity index (χ4n) is 2.79. The molecule has 2 aromatic rings. The molecule has 6 heteroatoms. The van der Waals surface area contributed by atoms with Gasteiger partial charge in [0.2, 0.25) is 0 Å². The number of hydrogen-bond donors (Lipinski definition) is 0. The zero-order valence-electron chi connectivity index (χ0n) is 14.8. The van der Waals surface area contributed by atoms with Crippen LogP contribution in [0.25, 0.3) is 0 Å². The molecule has 2 amide bonds. The van der Waals surface area contributed by atoms with E-state index >= 15 is 0 Å². The lowest BCUT2D eigenvalue weighted by molar-refractivity contribution is 0.0633. The summed E-state index contributed by atoms with van der Waals surface area (Å²) in [4.78, 5) is 28.2. The van der Waals surface area contributed by atoms with Gasteiger partial charge in [-0.1, -0.05) is 18.2 Å². The summed E-state index contributed by atoms with van der Waals surface area (Å²) in [5.41, 5.74) is 0.619. The summed E-state index contributed by atoms with van der Waals surface area (Å²) < 4.78 is 10.7. The fraction of sp³-hybridized carbons (Fsp3) is 0.300. The average molecular weight is 354 g/mol. The molecule has 3 rings (SSSR count). The predicted molar refractivity (Wildman–Crippen MR) is 97.6 cm³/mol. The molecule has 0 saturated carbocycles. The Morgan fingerprint density at radius 2 is 1.46 bits per heavy atom. The number of hydrogen-bond acceptors (Lipinski definition) is 4. The number of amides is 2. The molecule has 0 aliphatic carbocycles. The zero-order valence-corrected chi connectivity index (χ0v) is 14.8. The van der Waals surface area contributed by atoms with Crippen LogP contribution in [0.1, 0.15) is 17.3 Å². The highest BCUT2D eigenvalue weighted by Gasteiger charge is 2.26. The number of piperazine rings is 1. The second-order valence-electron chi connectivity index (χ2n) is 5.92. The summed E-state index contributed by atoms with van der Waals surface area (Å²) in [5.74, 6) is 1.23. The summed E-state index contributed by atoms with van der Waals surface area (Å²) in [6.45, 7) is 4.38. The normalized spacial score (nSPS) is 14.0. The Kier molecular flexibility index (Phi) is 5.73. The maximum absolute atomic E-state index is 12.6. The highest BCUT2D eigenvalue weighted by atomic mass is 16.6. The average Bonchev–Trinajstić information content (AvgIpc) is 2.69. The Bertz CT molecular complexity index is 738. The number of carbonyl (C=O) groups excluding carboxylic acids is 2. The SMILES string of the molecule is CCOc1ccc(C(=O)N2CCN(C(=O)Oc3ccccc3)CC2)cc1. The van der Waals surface area contributed by atoms with Crippen molar-refractivity contribution in [1.82, 2.24) is 9.80 Å². The van der Waals surface area contributed by atoms with E-state index in [1.165, 1.54) is 0 Å². The molecule has 6 nitrogen and oxygen atoms in total. The molecule has 26 heavy (non-hydrogen) atoms. The largest absolute Gasteiger partial charge is 0.494 e. The van der Waals surface area contributed by atoms with Crippen molar-refractivity contribution < 1.29 is 19.1 Å². The summed E-state index contributed by atoms with van der Waals surface area (Å²) in [7, 11) is 0. The van der Waals surface area contributed by atoms with Gasteiger partial charge in [-0.15, -0.1) is 0 Å². The Hall–Kier alpha value is -3.02. The van der Waals surface area contributed by atoms with E-state index in [1.807, 2.05) is 25.1 Å². The summed E-state index contributed by atoms with van der Waals surface area (Å²) in [6, 6.07) is 16.1. The molecular formula is C20H22N2O4. The molecular weight excluding hydrogens is 332 g/mol. The Labute approximate surface area is 152 Å². The second-order valence-corrected chi connectivity index (χ2v) is 5.92. The molecule has 136 valence electrons. The van der Waals surface area contributed by atoms with Crippen LogP contribution < -0.4 is 9.47 Å². The Balaban J connectivity index is 1.52. The zero-order chi connectivity index (χ0) is 18.4. The van der Waals surface area contributed by atoms with Crippen LogP contribution in [-0.4, -0.2) is 54.6 Å². The molecule has 0 atom stereocenters. The molecule has 0 bridgehead atoms. The molecule has 1 saturated heterocycles. The van der Waals surface area contributed by atoms with E-state index in [2.05, 4.69) is 0 Å². The van der Waals surface area contributed by atoms with Crippen molar-refractivity contribution in [2.75, 3.05) is 32.8 Å². The van der Waals surface area contributed by atoms with Gasteiger partial charge in [0.25, 0.3) is 5.91 Å². The number of benzene rings is 2. The van der Waals surface area contributed by atoms with Gasteiger partial charge < -0.3 is 19.3 Å². The van der Waals surface area contributed by atoms with Crippen LogP contribution in [-0.2, 0) is 0 Å². The fourth-order valence-corrected chi connectivity index (χ4v) is 2.79. The molecule has 0 unspecified atom stereocenters. The van der Waals surface area contributed by atoms with Gasteiger partial charge in [0.15, 0.2) is 0 Å². The van der Waals surface area contributed by atoms with Gasteiger partial charge in [0.05, 0.1) is 6.61 Å². The maximum atomic E-state index is 12.6. The number of carbonyl (C=O) groups is 2. The molecule has 1 aliphatic rings. The molecule has 1 aliphatic heterocycles. The Morgan fingerprint density at radius 1 is 0.846 bits per heavy atom. The monoisotopic (exact) mass is 354 g/mol. The van der Waals surface area contributed by atoms with Crippen LogP contribution in [0.2, 0.25) is 0 Å². The van der Waals surface area contributed by atoms with Gasteiger partial charge in [0.1, 0.15) is 11.5 Å². The van der Waals surface area contributed by atoms with Gasteiger partial charge in [-0.05, 0) is 43.3 Å². The number of ether oxygens (including phenoxy) is 2. The van der Waals surface area contributed by atoms with Crippen LogP contribution in [0.15, 0.2) is 54.6 Å². The van der Waals surface area contributed by atoms with E-state index < -0.39 is 0 Å². The van der Waals surface area contributed by atoms with Crippen LogP contribution >= 0.6 is 0 Å². The lowest BCUT2D eigenvalue weighted by Gasteiger charge is -2.34. The first-order valence-corrected chi connectivity index (χ1v) is 8.71. The van der Waals surface area contributed by atoms with E-state index in [-0.39, 0.29) is 12.0 Å². The molecule has 0 aromatic heterocycles. The molecule has 0 spiro atoms. The first-order chi connectivity index (χ1) is 12.7. The van der Waals surface area contributed by atoms with Crippen molar-refractivity contribution in [3.63, 3.8) is 0 Å². The summed E-state index contributed by atoms with van der Waals surface area (Å²) >= 11 is 0. The maximum Gasteiger partial charge on any atom is 0.415 e. The third-order valence-corrected chi connectivity index (χ3v) is 4.19. The molecule has 1 heterocycles. The smallest absolute Gasteiger partial charge is 0.415 e. The molecule has 2 aromatic carbocycles. The highest BCUT2D eigenvalue weighted by molar-refractivity contribution is 5.94. The van der Waals surface area contributed by atoms with Crippen molar-refractivity contribution in [3.05, 3.63) is 60.2 Å². The van der Waals surface area contributed by atoms with Crippen LogP contribution in [0.5, 0.6) is 11.5 Å². The quantitative estimate of drug-likeness (QED) is 0.847. The van der Waals surface area contributed by atoms with Crippen molar-refractivity contribution in [2.24, 2.45) is 0 Å². The first kappa shape index (κ1) is 17.8. The van der Waals surface area contributed by atoms with Gasteiger partial charge >= 0.3 is 6.09 Å². The lowest BCUT2D eigenvalue weighted by atomic mass is 10.1. The first-order valence-electron chi connectivity index (χ1n) is 8.71. The van der Waals surface area contributed by atoms with Gasteiger partial charge in [-0.25, -0.2) is 4.79 Å². The van der Waals surface area contributed by atoms with E-state index in [0.717, 1.165) is 5.75 Å². The van der Waals surface area contributed by atoms with E-state index in [9.17, 15) is 9.59 Å². The molecule has 1 fully saturated rings. The second kappa shape index (κ2) is 8.38. The number of nitrogens with zero attached hydrogens (tertiary/aromatic N) is 2. The van der Waals surface area contributed by atoms with Crippen molar-refractivity contribution >= 4 is 12.0 Å². The predicted octanol–water partition coefficient (Wildman–Crippen LogP) is 3.04. The standard InChI is InChI=1S/C20H22N2O4/c1-2-25-17-10-8-16(9-11-17)19(23)21-12-14-22(15-13-21)20(24)26-18-6-4-3-5-7-18/h3-11H,2,12-15H2,1H3. The van der Waals surface area contributed by atoms with Gasteiger partial charge in [0, 0.05) is 31.7 Å². The summed E-state index contributed by atoms with van der Waals surface area (Å²) in [6.07, 6.45) is -0.385. The lowest BCUT2D eigenvalue weighted by Crippen LogP contribution is -2.51. The van der Waals surface area contributed by atoms with E-state index in [4.69, 9.17) is 9.47 Å². The minimum Gasteiger partial charge on any atom is -0.494 e. The minimum atomic E-state index is -0.385. The summed E-state index contributed by atoms with van der Waals surface area (Å²) in [5, 5.41) is 0. The molecule has 0 N–H and O–H groups in total. The van der Waals surface area contributed by atoms with Gasteiger partial charge in [-0.3, -0.25) is 4.79 Å².